The molecule has 4 heteroatoms. The van der Waals surface area contributed by atoms with Crippen molar-refractivity contribution < 1.29 is 9.53 Å². The highest BCUT2D eigenvalue weighted by Gasteiger charge is 2.09. The van der Waals surface area contributed by atoms with Gasteiger partial charge in [-0.05, 0) is 42.5 Å². The molecule has 0 radical (unpaired) electrons. The van der Waals surface area contributed by atoms with E-state index in [0.29, 0.717) is 10.6 Å². The van der Waals surface area contributed by atoms with Crippen LogP contribution in [0.1, 0.15) is 10.4 Å². The van der Waals surface area contributed by atoms with Crippen molar-refractivity contribution in [2.24, 2.45) is 0 Å². The molecular weight excluding hydrogens is 274 g/mol. The van der Waals surface area contributed by atoms with Gasteiger partial charge in [0.05, 0.1) is 18.2 Å². The van der Waals surface area contributed by atoms with Gasteiger partial charge in [-0.3, -0.25) is 0 Å². The lowest BCUT2D eigenvalue weighted by Gasteiger charge is -2.06. The first kappa shape index (κ1) is 12.8. The second kappa shape index (κ2) is 5.02. The Balaban J connectivity index is 2.13. The topological polar surface area (TPSA) is 31.2 Å². The molecule has 0 aliphatic heterocycles. The Bertz CT molecular complexity index is 792. The maximum absolute atomic E-state index is 11.5. The predicted molar refractivity (Wildman–Crippen MR) is 79.6 cm³/mol. The Morgan fingerprint density at radius 3 is 2.75 bits per heavy atom. The number of aromatic nitrogens is 1. The van der Waals surface area contributed by atoms with Crippen molar-refractivity contribution in [3.63, 3.8) is 0 Å². The van der Waals surface area contributed by atoms with Gasteiger partial charge in [0.1, 0.15) is 0 Å². The first-order valence-corrected chi connectivity index (χ1v) is 6.52. The maximum Gasteiger partial charge on any atom is 0.337 e. The Morgan fingerprint density at radius 1 is 1.15 bits per heavy atom. The lowest BCUT2D eigenvalue weighted by Crippen LogP contribution is -2.00. The van der Waals surface area contributed by atoms with Crippen LogP contribution in [-0.2, 0) is 4.74 Å². The summed E-state index contributed by atoms with van der Waals surface area (Å²) >= 11 is 6.02. The van der Waals surface area contributed by atoms with E-state index in [9.17, 15) is 4.79 Å². The number of halogens is 1. The van der Waals surface area contributed by atoms with Gasteiger partial charge >= 0.3 is 5.97 Å². The summed E-state index contributed by atoms with van der Waals surface area (Å²) in [4.78, 5) is 11.5. The van der Waals surface area contributed by atoms with Crippen molar-refractivity contribution >= 4 is 28.5 Å². The van der Waals surface area contributed by atoms with Crippen molar-refractivity contribution in [2.75, 3.05) is 7.11 Å². The number of methoxy groups -OCH3 is 1. The largest absolute Gasteiger partial charge is 0.465 e. The smallest absolute Gasteiger partial charge is 0.337 e. The fourth-order valence-corrected chi connectivity index (χ4v) is 2.42. The number of ether oxygens (including phenoxy) is 1. The van der Waals surface area contributed by atoms with Crippen LogP contribution in [0.3, 0.4) is 0 Å². The highest BCUT2D eigenvalue weighted by atomic mass is 35.5. The van der Waals surface area contributed by atoms with Gasteiger partial charge in [-0.25, -0.2) is 4.79 Å². The lowest BCUT2D eigenvalue weighted by molar-refractivity contribution is 0.0601. The molecule has 20 heavy (non-hydrogen) atoms. The van der Waals surface area contributed by atoms with E-state index < -0.39 is 0 Å². The lowest BCUT2D eigenvalue weighted by atomic mass is 10.1. The van der Waals surface area contributed by atoms with Crippen LogP contribution in [0.15, 0.2) is 54.7 Å². The summed E-state index contributed by atoms with van der Waals surface area (Å²) in [6, 6.07) is 15.1. The molecule has 0 aliphatic carbocycles. The zero-order chi connectivity index (χ0) is 14.1. The third-order valence-electron chi connectivity index (χ3n) is 3.20. The second-order valence-corrected chi connectivity index (χ2v) is 4.87. The van der Waals surface area contributed by atoms with Crippen LogP contribution >= 0.6 is 11.6 Å². The van der Waals surface area contributed by atoms with Gasteiger partial charge in [-0.1, -0.05) is 17.7 Å². The molecule has 0 saturated heterocycles. The second-order valence-electron chi connectivity index (χ2n) is 4.43. The van der Waals surface area contributed by atoms with E-state index in [1.807, 2.05) is 53.2 Å². The molecule has 0 spiro atoms. The molecule has 2 aromatic carbocycles. The minimum Gasteiger partial charge on any atom is -0.465 e. The van der Waals surface area contributed by atoms with Gasteiger partial charge < -0.3 is 9.30 Å². The average molecular weight is 286 g/mol. The molecule has 1 aromatic heterocycles. The summed E-state index contributed by atoms with van der Waals surface area (Å²) in [5.41, 5.74) is 2.54. The molecule has 0 bridgehead atoms. The van der Waals surface area contributed by atoms with E-state index in [-0.39, 0.29) is 5.97 Å². The van der Waals surface area contributed by atoms with Crippen LogP contribution in [0.2, 0.25) is 5.02 Å². The van der Waals surface area contributed by atoms with Gasteiger partial charge in [-0.15, -0.1) is 0 Å². The standard InChI is InChI=1S/C16H12ClNO2/c1-20-16(19)12-5-6-15-11(9-12)7-8-18(15)14-4-2-3-13(17)10-14/h2-10H,1H3. The molecular formula is C16H12ClNO2. The number of rotatable bonds is 2. The van der Waals surface area contributed by atoms with E-state index in [2.05, 4.69) is 0 Å². The number of carbonyl (C=O) groups is 1. The highest BCUT2D eigenvalue weighted by molar-refractivity contribution is 6.30. The van der Waals surface area contributed by atoms with Crippen molar-refractivity contribution in [2.45, 2.75) is 0 Å². The first-order chi connectivity index (χ1) is 9.69. The fraction of sp³-hybridized carbons (Fsp3) is 0.0625. The molecule has 0 amide bonds. The van der Waals surface area contributed by atoms with Crippen molar-refractivity contribution in [1.82, 2.24) is 4.57 Å². The number of fused-ring (bicyclic) bond motifs is 1. The summed E-state index contributed by atoms with van der Waals surface area (Å²) in [5, 5.41) is 1.67. The Morgan fingerprint density at radius 2 is 2.00 bits per heavy atom. The van der Waals surface area contributed by atoms with Gasteiger partial charge in [0.2, 0.25) is 0 Å². The van der Waals surface area contributed by atoms with E-state index in [0.717, 1.165) is 16.6 Å². The zero-order valence-corrected chi connectivity index (χ0v) is 11.6. The fourth-order valence-electron chi connectivity index (χ4n) is 2.24. The summed E-state index contributed by atoms with van der Waals surface area (Å²) in [6.45, 7) is 0. The van der Waals surface area contributed by atoms with Crippen LogP contribution in [0.4, 0.5) is 0 Å². The predicted octanol–water partition coefficient (Wildman–Crippen LogP) is 4.07. The van der Waals surface area contributed by atoms with Gasteiger partial charge in [0.15, 0.2) is 0 Å². The number of carbonyl (C=O) groups excluding carboxylic acids is 1. The van der Waals surface area contributed by atoms with Gasteiger partial charge in [0, 0.05) is 22.3 Å². The van der Waals surface area contributed by atoms with Crippen LogP contribution in [0.5, 0.6) is 0 Å². The number of benzene rings is 2. The molecule has 0 N–H and O–H groups in total. The number of hydrogen-bond donors (Lipinski definition) is 0. The van der Waals surface area contributed by atoms with Gasteiger partial charge in [-0.2, -0.15) is 0 Å². The quantitative estimate of drug-likeness (QED) is 0.665. The summed E-state index contributed by atoms with van der Waals surface area (Å²) in [5.74, 6) is -0.331. The molecule has 0 atom stereocenters. The SMILES string of the molecule is COC(=O)c1ccc2c(ccn2-c2cccc(Cl)c2)c1. The minimum absolute atomic E-state index is 0.331. The molecule has 3 nitrogen and oxygen atoms in total. The van der Waals surface area contributed by atoms with Crippen molar-refractivity contribution in [3.05, 3.63) is 65.3 Å². The van der Waals surface area contributed by atoms with Crippen LogP contribution in [-0.4, -0.2) is 17.6 Å². The highest BCUT2D eigenvalue weighted by Crippen LogP contribution is 2.23. The average Bonchev–Trinajstić information content (AvgIpc) is 2.89. The van der Waals surface area contributed by atoms with Crippen molar-refractivity contribution in [3.8, 4) is 5.69 Å². The molecule has 0 saturated carbocycles. The van der Waals surface area contributed by atoms with E-state index in [1.54, 1.807) is 6.07 Å². The number of nitrogens with zero attached hydrogens (tertiary/aromatic N) is 1. The molecule has 0 unspecified atom stereocenters. The normalized spacial score (nSPS) is 10.7. The Hall–Kier alpha value is -2.26. The Kier molecular flexibility index (Phi) is 3.20. The number of hydrogen-bond acceptors (Lipinski definition) is 2. The molecule has 3 rings (SSSR count). The molecule has 1 heterocycles. The summed E-state index contributed by atoms with van der Waals surface area (Å²) in [7, 11) is 1.38. The van der Waals surface area contributed by atoms with Crippen molar-refractivity contribution in [1.29, 1.82) is 0 Å². The molecule has 0 fully saturated rings. The monoisotopic (exact) mass is 285 g/mol. The zero-order valence-electron chi connectivity index (χ0n) is 10.8. The minimum atomic E-state index is -0.331. The van der Waals surface area contributed by atoms with Gasteiger partial charge in [0.25, 0.3) is 0 Å². The van der Waals surface area contributed by atoms with E-state index >= 15 is 0 Å². The summed E-state index contributed by atoms with van der Waals surface area (Å²) in [6.07, 6.45) is 1.96. The van der Waals surface area contributed by atoms with E-state index in [1.165, 1.54) is 7.11 Å². The molecule has 3 aromatic rings. The third-order valence-corrected chi connectivity index (χ3v) is 3.43. The first-order valence-electron chi connectivity index (χ1n) is 6.14. The van der Waals surface area contributed by atoms with Crippen LogP contribution < -0.4 is 0 Å². The Labute approximate surface area is 121 Å². The van der Waals surface area contributed by atoms with Crippen LogP contribution in [0.25, 0.3) is 16.6 Å². The maximum atomic E-state index is 11.5. The third kappa shape index (κ3) is 2.17. The molecule has 100 valence electrons. The number of esters is 1. The summed E-state index contributed by atoms with van der Waals surface area (Å²) < 4.78 is 6.76. The van der Waals surface area contributed by atoms with Crippen LogP contribution in [0, 0.1) is 0 Å². The molecule has 0 aliphatic rings. The van der Waals surface area contributed by atoms with E-state index in [4.69, 9.17) is 16.3 Å².